The molecule has 0 bridgehead atoms. The molecule has 0 saturated heterocycles. The first-order valence-corrected chi connectivity index (χ1v) is 6.84. The van der Waals surface area contributed by atoms with Crippen molar-refractivity contribution in [3.8, 4) is 0 Å². The van der Waals surface area contributed by atoms with E-state index in [2.05, 4.69) is 5.32 Å². The number of alkyl carbamates (subject to hydrolysis) is 1. The Balaban J connectivity index is 1.76. The van der Waals surface area contributed by atoms with E-state index < -0.39 is 12.2 Å². The van der Waals surface area contributed by atoms with Gasteiger partial charge in [-0.3, -0.25) is 0 Å². The summed E-state index contributed by atoms with van der Waals surface area (Å²) in [5, 5.41) is 12.6. The second kappa shape index (κ2) is 7.45. The van der Waals surface area contributed by atoms with E-state index in [0.717, 1.165) is 16.7 Å². The highest BCUT2D eigenvalue weighted by atomic mass is 16.5. The number of aliphatic hydroxyl groups excluding tert-OH is 1. The SMILES string of the molecule is Cc1cccc([C@@H](O)CNC(=O)OCc2ccccc2)c1. The number of hydrogen-bond acceptors (Lipinski definition) is 3. The Hall–Kier alpha value is -2.33. The minimum Gasteiger partial charge on any atom is -0.445 e. The Kier molecular flexibility index (Phi) is 5.35. The molecule has 1 atom stereocenters. The average Bonchev–Trinajstić information content (AvgIpc) is 2.51. The summed E-state index contributed by atoms with van der Waals surface area (Å²) in [6.45, 7) is 2.29. The summed E-state index contributed by atoms with van der Waals surface area (Å²) >= 11 is 0. The van der Waals surface area contributed by atoms with E-state index in [-0.39, 0.29) is 13.2 Å². The third-order valence-corrected chi connectivity index (χ3v) is 3.08. The number of rotatable bonds is 5. The molecule has 21 heavy (non-hydrogen) atoms. The number of carbonyl (C=O) groups excluding carboxylic acids is 1. The van der Waals surface area contributed by atoms with Crippen LogP contribution in [-0.2, 0) is 11.3 Å². The number of nitrogens with one attached hydrogen (secondary N) is 1. The smallest absolute Gasteiger partial charge is 0.407 e. The summed E-state index contributed by atoms with van der Waals surface area (Å²) in [6.07, 6.45) is -1.28. The van der Waals surface area contributed by atoms with Gasteiger partial charge in [0.05, 0.1) is 12.6 Å². The van der Waals surface area contributed by atoms with E-state index in [1.807, 2.05) is 61.5 Å². The second-order valence-corrected chi connectivity index (χ2v) is 4.87. The van der Waals surface area contributed by atoms with Crippen LogP contribution in [0.25, 0.3) is 0 Å². The highest BCUT2D eigenvalue weighted by molar-refractivity contribution is 5.67. The van der Waals surface area contributed by atoms with Crippen LogP contribution in [-0.4, -0.2) is 17.7 Å². The lowest BCUT2D eigenvalue weighted by Gasteiger charge is -2.13. The monoisotopic (exact) mass is 285 g/mol. The molecule has 2 aromatic carbocycles. The zero-order chi connectivity index (χ0) is 15.1. The second-order valence-electron chi connectivity index (χ2n) is 4.87. The molecule has 0 spiro atoms. The van der Waals surface area contributed by atoms with Gasteiger partial charge >= 0.3 is 6.09 Å². The van der Waals surface area contributed by atoms with Gasteiger partial charge in [0.2, 0.25) is 0 Å². The minimum atomic E-state index is -0.742. The van der Waals surface area contributed by atoms with Crippen LogP contribution >= 0.6 is 0 Å². The summed E-state index contributed by atoms with van der Waals surface area (Å²) < 4.78 is 5.08. The largest absolute Gasteiger partial charge is 0.445 e. The van der Waals surface area contributed by atoms with Crippen molar-refractivity contribution in [2.75, 3.05) is 6.54 Å². The Bertz CT molecular complexity index is 584. The molecule has 0 heterocycles. The Morgan fingerprint density at radius 2 is 1.95 bits per heavy atom. The van der Waals surface area contributed by atoms with Crippen LogP contribution in [0.5, 0.6) is 0 Å². The minimum absolute atomic E-state index is 0.122. The zero-order valence-electron chi connectivity index (χ0n) is 12.0. The Morgan fingerprint density at radius 3 is 2.67 bits per heavy atom. The molecule has 2 rings (SSSR count). The van der Waals surface area contributed by atoms with Crippen molar-refractivity contribution in [2.24, 2.45) is 0 Å². The molecule has 0 fully saturated rings. The number of hydrogen-bond donors (Lipinski definition) is 2. The van der Waals surface area contributed by atoms with Gasteiger partial charge in [0.25, 0.3) is 0 Å². The van der Waals surface area contributed by atoms with Crippen molar-refractivity contribution < 1.29 is 14.6 Å². The molecular formula is C17H19NO3. The number of carbonyl (C=O) groups is 1. The summed E-state index contributed by atoms with van der Waals surface area (Å²) in [4.78, 5) is 11.6. The van der Waals surface area contributed by atoms with Gasteiger partial charge in [0.1, 0.15) is 6.61 Å². The molecule has 0 radical (unpaired) electrons. The maximum absolute atomic E-state index is 11.6. The fourth-order valence-electron chi connectivity index (χ4n) is 1.95. The number of benzene rings is 2. The van der Waals surface area contributed by atoms with Crippen molar-refractivity contribution in [1.29, 1.82) is 0 Å². The molecule has 0 saturated carbocycles. The van der Waals surface area contributed by atoms with Crippen molar-refractivity contribution in [2.45, 2.75) is 19.6 Å². The van der Waals surface area contributed by atoms with E-state index in [1.54, 1.807) is 0 Å². The van der Waals surface area contributed by atoms with Gasteiger partial charge in [-0.2, -0.15) is 0 Å². The zero-order valence-corrected chi connectivity index (χ0v) is 12.0. The van der Waals surface area contributed by atoms with Gasteiger partial charge in [-0.1, -0.05) is 60.2 Å². The van der Waals surface area contributed by atoms with Crippen LogP contribution in [0.1, 0.15) is 22.8 Å². The molecule has 0 aliphatic rings. The molecule has 4 heteroatoms. The molecule has 0 aromatic heterocycles. The first-order chi connectivity index (χ1) is 10.1. The third-order valence-electron chi connectivity index (χ3n) is 3.08. The number of ether oxygens (including phenoxy) is 1. The van der Waals surface area contributed by atoms with Crippen molar-refractivity contribution in [3.05, 3.63) is 71.3 Å². The number of amides is 1. The van der Waals surface area contributed by atoms with Gasteiger partial charge < -0.3 is 15.2 Å². The molecule has 0 unspecified atom stereocenters. The summed E-state index contributed by atoms with van der Waals surface area (Å²) in [5.74, 6) is 0. The Labute approximate surface area is 124 Å². The molecule has 110 valence electrons. The van der Waals surface area contributed by atoms with Gasteiger partial charge in [-0.25, -0.2) is 4.79 Å². The van der Waals surface area contributed by atoms with Crippen molar-refractivity contribution in [3.63, 3.8) is 0 Å². The van der Waals surface area contributed by atoms with Gasteiger partial charge in [0.15, 0.2) is 0 Å². The third kappa shape index (κ3) is 4.93. The average molecular weight is 285 g/mol. The van der Waals surface area contributed by atoms with Crippen LogP contribution in [0.2, 0.25) is 0 Å². The van der Waals surface area contributed by atoms with Crippen LogP contribution in [0.15, 0.2) is 54.6 Å². The van der Waals surface area contributed by atoms with E-state index in [1.165, 1.54) is 0 Å². The van der Waals surface area contributed by atoms with E-state index in [9.17, 15) is 9.90 Å². The fraction of sp³-hybridized carbons (Fsp3) is 0.235. The number of aryl methyl sites for hydroxylation is 1. The molecule has 1 amide bonds. The Morgan fingerprint density at radius 1 is 1.19 bits per heavy atom. The summed E-state index contributed by atoms with van der Waals surface area (Å²) in [7, 11) is 0. The van der Waals surface area contributed by atoms with Crippen LogP contribution in [0, 0.1) is 6.92 Å². The van der Waals surface area contributed by atoms with Gasteiger partial charge in [-0.15, -0.1) is 0 Å². The topological polar surface area (TPSA) is 58.6 Å². The normalized spacial score (nSPS) is 11.7. The molecule has 2 aromatic rings. The summed E-state index contributed by atoms with van der Waals surface area (Å²) in [5.41, 5.74) is 2.77. The summed E-state index contributed by atoms with van der Waals surface area (Å²) in [6, 6.07) is 17.0. The lowest BCUT2D eigenvalue weighted by Crippen LogP contribution is -2.28. The van der Waals surface area contributed by atoms with E-state index in [0.29, 0.717) is 0 Å². The van der Waals surface area contributed by atoms with Gasteiger partial charge in [0, 0.05) is 0 Å². The molecule has 0 aliphatic carbocycles. The highest BCUT2D eigenvalue weighted by Gasteiger charge is 2.10. The van der Waals surface area contributed by atoms with Crippen LogP contribution in [0.4, 0.5) is 4.79 Å². The molecule has 2 N–H and O–H groups in total. The first kappa shape index (κ1) is 15.1. The van der Waals surface area contributed by atoms with Crippen molar-refractivity contribution in [1.82, 2.24) is 5.32 Å². The lowest BCUT2D eigenvalue weighted by molar-refractivity contribution is 0.126. The maximum atomic E-state index is 11.6. The molecular weight excluding hydrogens is 266 g/mol. The predicted molar refractivity (Wildman–Crippen MR) is 80.8 cm³/mol. The van der Waals surface area contributed by atoms with Crippen LogP contribution < -0.4 is 5.32 Å². The standard InChI is InChI=1S/C17H19NO3/c1-13-6-5-9-15(10-13)16(19)11-18-17(20)21-12-14-7-3-2-4-8-14/h2-10,16,19H,11-12H2,1H3,(H,18,20)/t16-/m0/s1. The van der Waals surface area contributed by atoms with Crippen molar-refractivity contribution >= 4 is 6.09 Å². The lowest BCUT2D eigenvalue weighted by atomic mass is 10.1. The maximum Gasteiger partial charge on any atom is 0.407 e. The highest BCUT2D eigenvalue weighted by Crippen LogP contribution is 2.13. The fourth-order valence-corrected chi connectivity index (χ4v) is 1.95. The van der Waals surface area contributed by atoms with Gasteiger partial charge in [-0.05, 0) is 18.1 Å². The van der Waals surface area contributed by atoms with Crippen LogP contribution in [0.3, 0.4) is 0 Å². The number of aliphatic hydroxyl groups is 1. The van der Waals surface area contributed by atoms with E-state index in [4.69, 9.17) is 4.74 Å². The first-order valence-electron chi connectivity index (χ1n) is 6.84. The quantitative estimate of drug-likeness (QED) is 0.888. The van der Waals surface area contributed by atoms with E-state index >= 15 is 0 Å². The predicted octanol–water partition coefficient (Wildman–Crippen LogP) is 2.95. The molecule has 4 nitrogen and oxygen atoms in total. The molecule has 0 aliphatic heterocycles.